The molecule has 0 atom stereocenters. The molecule has 0 saturated carbocycles. The molecule has 0 bridgehead atoms. The topological polar surface area (TPSA) is 56.2 Å². The number of nitrogens with one attached hydrogen (secondary N) is 1. The van der Waals surface area contributed by atoms with Crippen LogP contribution >= 0.6 is 23.4 Å². The quantitative estimate of drug-likeness (QED) is 0.656. The molecule has 0 saturated heterocycles. The van der Waals surface area contributed by atoms with Crippen LogP contribution in [0.15, 0.2) is 66.1 Å². The first kappa shape index (κ1) is 17.4. The van der Waals surface area contributed by atoms with Crippen LogP contribution in [0.2, 0.25) is 5.02 Å². The molecule has 7 heteroatoms. The zero-order valence-corrected chi connectivity index (χ0v) is 15.1. The fraction of sp³-hybridized carbons (Fsp3) is 0.111. The van der Waals surface area contributed by atoms with Gasteiger partial charge in [0.2, 0.25) is 5.91 Å². The number of benzene rings is 2. The summed E-state index contributed by atoms with van der Waals surface area (Å²) in [5.74, 6) is 0.890. The number of thioether (sulfide) groups is 1. The Balaban J connectivity index is 1.66. The fourth-order valence-electron chi connectivity index (χ4n) is 2.25. The highest BCUT2D eigenvalue weighted by atomic mass is 35.5. The van der Waals surface area contributed by atoms with Crippen molar-refractivity contribution in [1.29, 1.82) is 0 Å². The van der Waals surface area contributed by atoms with Crippen LogP contribution in [0, 0.1) is 0 Å². The lowest BCUT2D eigenvalue weighted by Gasteiger charge is -2.09. The van der Waals surface area contributed by atoms with Crippen LogP contribution in [0.3, 0.4) is 0 Å². The van der Waals surface area contributed by atoms with E-state index in [4.69, 9.17) is 16.3 Å². The third kappa shape index (κ3) is 4.55. The van der Waals surface area contributed by atoms with Crippen LogP contribution < -0.4 is 10.1 Å². The van der Waals surface area contributed by atoms with E-state index in [0.717, 1.165) is 16.6 Å². The minimum Gasteiger partial charge on any atom is -0.497 e. The second-order valence-corrected chi connectivity index (χ2v) is 6.51. The Labute approximate surface area is 155 Å². The highest BCUT2D eigenvalue weighted by Crippen LogP contribution is 2.23. The molecule has 0 aliphatic heterocycles. The number of anilines is 1. The number of nitrogens with zero attached hydrogens (tertiary/aromatic N) is 2. The lowest BCUT2D eigenvalue weighted by molar-refractivity contribution is -0.113. The summed E-state index contributed by atoms with van der Waals surface area (Å²) < 4.78 is 7.17. The van der Waals surface area contributed by atoms with Gasteiger partial charge in [-0.05, 0) is 30.3 Å². The number of amides is 1. The van der Waals surface area contributed by atoms with Gasteiger partial charge in [0.05, 0.1) is 18.6 Å². The third-order valence-corrected chi connectivity index (χ3v) is 4.58. The lowest BCUT2D eigenvalue weighted by atomic mass is 10.3. The van der Waals surface area contributed by atoms with E-state index in [0.29, 0.717) is 10.7 Å². The Morgan fingerprint density at radius 2 is 2.12 bits per heavy atom. The number of imidazole rings is 1. The largest absolute Gasteiger partial charge is 0.497 e. The van der Waals surface area contributed by atoms with Gasteiger partial charge in [0, 0.05) is 29.2 Å². The van der Waals surface area contributed by atoms with E-state index < -0.39 is 0 Å². The number of carbonyl (C=O) groups is 1. The first-order chi connectivity index (χ1) is 12.2. The fourth-order valence-corrected chi connectivity index (χ4v) is 3.21. The molecule has 0 radical (unpaired) electrons. The maximum Gasteiger partial charge on any atom is 0.234 e. The number of ether oxygens (including phenoxy) is 1. The minimum absolute atomic E-state index is 0.118. The van der Waals surface area contributed by atoms with Crippen LogP contribution in [-0.4, -0.2) is 28.3 Å². The number of methoxy groups -OCH3 is 1. The van der Waals surface area contributed by atoms with E-state index >= 15 is 0 Å². The van der Waals surface area contributed by atoms with Crippen molar-refractivity contribution in [3.05, 3.63) is 65.9 Å². The molecule has 1 heterocycles. The van der Waals surface area contributed by atoms with Gasteiger partial charge in [0.15, 0.2) is 5.16 Å². The molecule has 5 nitrogen and oxygen atoms in total. The zero-order valence-electron chi connectivity index (χ0n) is 13.5. The summed E-state index contributed by atoms with van der Waals surface area (Å²) in [6.45, 7) is 0. The van der Waals surface area contributed by atoms with E-state index in [2.05, 4.69) is 10.3 Å². The molecule has 0 aliphatic rings. The van der Waals surface area contributed by atoms with Crippen molar-refractivity contribution in [2.45, 2.75) is 5.16 Å². The monoisotopic (exact) mass is 373 g/mol. The van der Waals surface area contributed by atoms with Crippen LogP contribution in [0.5, 0.6) is 5.75 Å². The van der Waals surface area contributed by atoms with E-state index in [1.54, 1.807) is 37.6 Å². The molecular formula is C18H16ClN3O2S. The van der Waals surface area contributed by atoms with Gasteiger partial charge < -0.3 is 10.1 Å². The highest BCUT2D eigenvalue weighted by Gasteiger charge is 2.10. The molecule has 0 aliphatic carbocycles. The molecule has 0 unspecified atom stereocenters. The van der Waals surface area contributed by atoms with Gasteiger partial charge in [-0.1, -0.05) is 35.5 Å². The van der Waals surface area contributed by atoms with Crippen molar-refractivity contribution in [1.82, 2.24) is 9.55 Å². The summed E-state index contributed by atoms with van der Waals surface area (Å²) in [5.41, 5.74) is 1.60. The highest BCUT2D eigenvalue weighted by molar-refractivity contribution is 7.99. The standard InChI is InChI=1S/C18H16ClN3O2S/c1-24-16-7-3-6-15(11-16)22-9-8-20-18(22)25-12-17(23)21-14-5-2-4-13(19)10-14/h2-11H,12H2,1H3,(H,21,23). The second-order valence-electron chi connectivity index (χ2n) is 5.13. The van der Waals surface area contributed by atoms with Crippen molar-refractivity contribution in [3.63, 3.8) is 0 Å². The molecule has 25 heavy (non-hydrogen) atoms. The third-order valence-electron chi connectivity index (χ3n) is 3.38. The molecule has 3 rings (SSSR count). The first-order valence-corrected chi connectivity index (χ1v) is 8.88. The molecule has 1 aromatic heterocycles. The molecule has 3 aromatic rings. The van der Waals surface area contributed by atoms with E-state index in [1.165, 1.54) is 11.8 Å². The van der Waals surface area contributed by atoms with Gasteiger partial charge in [-0.3, -0.25) is 9.36 Å². The van der Waals surface area contributed by atoms with Crippen molar-refractivity contribution in [2.24, 2.45) is 0 Å². The molecule has 128 valence electrons. The molecule has 1 amide bonds. The molecule has 0 spiro atoms. The summed E-state index contributed by atoms with van der Waals surface area (Å²) in [4.78, 5) is 16.5. The smallest absolute Gasteiger partial charge is 0.234 e. The summed E-state index contributed by atoms with van der Waals surface area (Å²) in [6.07, 6.45) is 3.56. The van der Waals surface area contributed by atoms with Crippen LogP contribution in [-0.2, 0) is 4.79 Å². The van der Waals surface area contributed by atoms with Crippen molar-refractivity contribution in [3.8, 4) is 11.4 Å². The maximum atomic E-state index is 12.1. The maximum absolute atomic E-state index is 12.1. The number of hydrogen-bond acceptors (Lipinski definition) is 4. The van der Waals surface area contributed by atoms with Crippen LogP contribution in [0.1, 0.15) is 0 Å². The Kier molecular flexibility index (Phi) is 5.63. The average molecular weight is 374 g/mol. The Morgan fingerprint density at radius 3 is 2.92 bits per heavy atom. The van der Waals surface area contributed by atoms with Gasteiger partial charge in [0.25, 0.3) is 0 Å². The number of hydrogen-bond donors (Lipinski definition) is 1. The van der Waals surface area contributed by atoms with Crippen molar-refractivity contribution in [2.75, 3.05) is 18.2 Å². The summed E-state index contributed by atoms with van der Waals surface area (Å²) in [7, 11) is 1.63. The van der Waals surface area contributed by atoms with Gasteiger partial charge in [-0.25, -0.2) is 4.98 Å². The van der Waals surface area contributed by atoms with Crippen molar-refractivity contribution < 1.29 is 9.53 Å². The summed E-state index contributed by atoms with van der Waals surface area (Å²) in [6, 6.07) is 14.7. The van der Waals surface area contributed by atoms with Crippen LogP contribution in [0.25, 0.3) is 5.69 Å². The second kappa shape index (κ2) is 8.09. The minimum atomic E-state index is -0.118. The number of carbonyl (C=O) groups excluding carboxylic acids is 1. The normalized spacial score (nSPS) is 10.5. The lowest BCUT2D eigenvalue weighted by Crippen LogP contribution is -2.14. The van der Waals surface area contributed by atoms with Gasteiger partial charge in [-0.15, -0.1) is 0 Å². The predicted octanol–water partition coefficient (Wildman–Crippen LogP) is 4.27. The van der Waals surface area contributed by atoms with E-state index in [1.807, 2.05) is 35.0 Å². The molecule has 2 aromatic carbocycles. The molecular weight excluding hydrogens is 358 g/mol. The number of rotatable bonds is 6. The van der Waals surface area contributed by atoms with Gasteiger partial charge in [0.1, 0.15) is 5.75 Å². The Hall–Kier alpha value is -2.44. The van der Waals surface area contributed by atoms with Crippen molar-refractivity contribution >= 4 is 35.0 Å². The molecule has 0 fully saturated rings. The SMILES string of the molecule is COc1cccc(-n2ccnc2SCC(=O)Nc2cccc(Cl)c2)c1. The summed E-state index contributed by atoms with van der Waals surface area (Å²) >= 11 is 7.28. The Morgan fingerprint density at radius 1 is 1.28 bits per heavy atom. The van der Waals surface area contributed by atoms with Gasteiger partial charge >= 0.3 is 0 Å². The zero-order chi connectivity index (χ0) is 17.6. The number of halogens is 1. The average Bonchev–Trinajstić information content (AvgIpc) is 3.08. The van der Waals surface area contributed by atoms with Gasteiger partial charge in [-0.2, -0.15) is 0 Å². The first-order valence-electron chi connectivity index (χ1n) is 7.52. The number of aromatic nitrogens is 2. The summed E-state index contributed by atoms with van der Waals surface area (Å²) in [5, 5.41) is 4.13. The predicted molar refractivity (Wildman–Crippen MR) is 101 cm³/mol. The van der Waals surface area contributed by atoms with E-state index in [-0.39, 0.29) is 11.7 Å². The molecule has 1 N–H and O–H groups in total. The Bertz CT molecular complexity index is 882. The van der Waals surface area contributed by atoms with E-state index in [9.17, 15) is 4.79 Å². The van der Waals surface area contributed by atoms with Crippen LogP contribution in [0.4, 0.5) is 5.69 Å².